The molecule has 1 aliphatic rings. The van der Waals surface area contributed by atoms with Crippen molar-refractivity contribution < 1.29 is 23.8 Å². The first kappa shape index (κ1) is 21.5. The molecule has 1 N–H and O–H groups in total. The van der Waals surface area contributed by atoms with Crippen LogP contribution in [0.25, 0.3) is 10.9 Å². The lowest BCUT2D eigenvalue weighted by molar-refractivity contribution is 0.0378. The number of nitrogens with zero attached hydrogens (tertiary/aromatic N) is 3. The van der Waals surface area contributed by atoms with Gasteiger partial charge in [0.2, 0.25) is 0 Å². The van der Waals surface area contributed by atoms with Gasteiger partial charge in [0.15, 0.2) is 23.1 Å². The smallest absolute Gasteiger partial charge is 0.169 e. The van der Waals surface area contributed by atoms with Crippen LogP contribution in [0.3, 0.4) is 0 Å². The van der Waals surface area contributed by atoms with Crippen LogP contribution >= 0.6 is 11.6 Å². The Kier molecular flexibility index (Phi) is 6.70. The zero-order valence-corrected chi connectivity index (χ0v) is 17.8. The van der Waals surface area contributed by atoms with Gasteiger partial charge in [-0.05, 0) is 37.1 Å². The molecular formula is C22H23ClFN3O4. The molecule has 3 aromatic rings. The Morgan fingerprint density at radius 2 is 1.94 bits per heavy atom. The van der Waals surface area contributed by atoms with E-state index in [0.717, 1.165) is 18.9 Å². The van der Waals surface area contributed by atoms with Crippen LogP contribution in [0.15, 0.2) is 36.7 Å². The van der Waals surface area contributed by atoms with Crippen molar-refractivity contribution in [1.82, 2.24) is 9.97 Å². The number of halogens is 2. The second kappa shape index (κ2) is 9.64. The normalized spacial score (nSPS) is 14.2. The molecular weight excluding hydrogens is 425 g/mol. The van der Waals surface area contributed by atoms with Gasteiger partial charge >= 0.3 is 0 Å². The predicted octanol–water partition coefficient (Wildman–Crippen LogP) is 5.30. The summed E-state index contributed by atoms with van der Waals surface area (Å²) in [5, 5.41) is 12.0. The van der Waals surface area contributed by atoms with Crippen LogP contribution < -0.4 is 14.5 Å². The first-order valence-corrected chi connectivity index (χ1v) is 10.5. The van der Waals surface area contributed by atoms with Gasteiger partial charge in [0.05, 0.1) is 25.3 Å². The number of aromatic nitrogens is 2. The van der Waals surface area contributed by atoms with E-state index in [9.17, 15) is 9.60 Å². The predicted molar refractivity (Wildman–Crippen MR) is 115 cm³/mol. The number of methoxy groups -OCH3 is 1. The van der Waals surface area contributed by atoms with E-state index >= 15 is 0 Å². The quantitative estimate of drug-likeness (QED) is 0.371. The molecule has 1 saturated carbocycles. The minimum Gasteiger partial charge on any atom is -0.493 e. The summed E-state index contributed by atoms with van der Waals surface area (Å²) in [6.45, 7) is 0.861. The summed E-state index contributed by atoms with van der Waals surface area (Å²) in [5.41, 5.74) is 0.415. The highest BCUT2D eigenvalue weighted by molar-refractivity contribution is 6.30. The van der Waals surface area contributed by atoms with Gasteiger partial charge in [0.1, 0.15) is 18.6 Å². The van der Waals surface area contributed by atoms with E-state index in [0.29, 0.717) is 46.8 Å². The molecule has 1 aromatic heterocycles. The van der Waals surface area contributed by atoms with Crippen LogP contribution in [0.1, 0.15) is 25.7 Å². The second-order valence-corrected chi connectivity index (χ2v) is 7.69. The highest BCUT2D eigenvalue weighted by Gasteiger charge is 2.19. The van der Waals surface area contributed by atoms with Gasteiger partial charge in [-0.1, -0.05) is 24.4 Å². The molecule has 7 nitrogen and oxygen atoms in total. The standard InChI is InChI=1S/C22H23ClFN3O4/c1-29-20-11-16-18(12-21(20)31-9-8-30-15-4-2-3-5-15)25-13-26-22(16)27(28)19-7-6-14(23)10-17(19)24/h6-7,10-13,15,28H,2-5,8-9H2,1H3. The fourth-order valence-electron chi connectivity index (χ4n) is 3.68. The maximum Gasteiger partial charge on any atom is 0.169 e. The molecule has 0 atom stereocenters. The van der Waals surface area contributed by atoms with E-state index in [2.05, 4.69) is 9.97 Å². The van der Waals surface area contributed by atoms with Crippen LogP contribution in [0.2, 0.25) is 5.02 Å². The van der Waals surface area contributed by atoms with Gasteiger partial charge in [-0.15, -0.1) is 0 Å². The summed E-state index contributed by atoms with van der Waals surface area (Å²) in [4.78, 5) is 8.37. The largest absolute Gasteiger partial charge is 0.493 e. The van der Waals surface area contributed by atoms with E-state index < -0.39 is 5.82 Å². The molecule has 1 fully saturated rings. The topological polar surface area (TPSA) is 76.9 Å². The summed E-state index contributed by atoms with van der Waals surface area (Å²) in [6.07, 6.45) is 6.24. The second-order valence-electron chi connectivity index (χ2n) is 7.25. The van der Waals surface area contributed by atoms with Crippen molar-refractivity contribution in [2.75, 3.05) is 25.4 Å². The summed E-state index contributed by atoms with van der Waals surface area (Å²) in [6, 6.07) is 7.30. The lowest BCUT2D eigenvalue weighted by Gasteiger charge is -2.19. The number of anilines is 2. The van der Waals surface area contributed by atoms with Crippen molar-refractivity contribution in [2.24, 2.45) is 0 Å². The van der Waals surface area contributed by atoms with Crippen molar-refractivity contribution in [3.8, 4) is 11.5 Å². The Morgan fingerprint density at radius 1 is 1.13 bits per heavy atom. The van der Waals surface area contributed by atoms with Gasteiger partial charge in [0.25, 0.3) is 0 Å². The van der Waals surface area contributed by atoms with E-state index in [-0.39, 0.29) is 16.5 Å². The Morgan fingerprint density at radius 3 is 2.68 bits per heavy atom. The molecule has 2 aromatic carbocycles. The first-order valence-electron chi connectivity index (χ1n) is 10.1. The highest BCUT2D eigenvalue weighted by Crippen LogP contribution is 2.37. The summed E-state index contributed by atoms with van der Waals surface area (Å²) in [7, 11) is 1.52. The molecule has 0 radical (unpaired) electrons. The molecule has 31 heavy (non-hydrogen) atoms. The third-order valence-corrected chi connectivity index (χ3v) is 5.47. The van der Waals surface area contributed by atoms with E-state index in [4.69, 9.17) is 25.8 Å². The number of rotatable bonds is 8. The molecule has 0 bridgehead atoms. The molecule has 0 aliphatic heterocycles. The SMILES string of the molecule is COc1cc2c(N(O)c3ccc(Cl)cc3F)ncnc2cc1OCCOC1CCCC1. The molecule has 9 heteroatoms. The van der Waals surface area contributed by atoms with Crippen molar-refractivity contribution >= 4 is 34.0 Å². The fraction of sp³-hybridized carbons (Fsp3) is 0.364. The summed E-state index contributed by atoms with van der Waals surface area (Å²) < 4.78 is 31.4. The number of ether oxygens (including phenoxy) is 3. The Bertz CT molecular complexity index is 1060. The molecule has 0 saturated heterocycles. The number of hydrogen-bond acceptors (Lipinski definition) is 7. The molecule has 164 valence electrons. The van der Waals surface area contributed by atoms with E-state index in [1.54, 1.807) is 12.1 Å². The molecule has 0 unspecified atom stereocenters. The minimum absolute atomic E-state index is 0.0900. The molecule has 0 amide bonds. The lowest BCUT2D eigenvalue weighted by atomic mass is 10.2. The molecule has 1 heterocycles. The van der Waals surface area contributed by atoms with Crippen molar-refractivity contribution in [1.29, 1.82) is 0 Å². The minimum atomic E-state index is -0.684. The van der Waals surface area contributed by atoms with Crippen molar-refractivity contribution in [3.63, 3.8) is 0 Å². The van der Waals surface area contributed by atoms with Crippen LogP contribution in [0.5, 0.6) is 11.5 Å². The number of hydrogen-bond donors (Lipinski definition) is 1. The Balaban J connectivity index is 1.57. The van der Waals surface area contributed by atoms with E-state index in [1.165, 1.54) is 38.4 Å². The third kappa shape index (κ3) is 4.81. The zero-order chi connectivity index (χ0) is 21.8. The van der Waals surface area contributed by atoms with Gasteiger partial charge in [0, 0.05) is 16.5 Å². The van der Waals surface area contributed by atoms with Crippen LogP contribution in [0, 0.1) is 5.82 Å². The van der Waals surface area contributed by atoms with Crippen molar-refractivity contribution in [2.45, 2.75) is 31.8 Å². The average Bonchev–Trinajstić information content (AvgIpc) is 3.29. The maximum absolute atomic E-state index is 14.3. The Labute approximate surface area is 184 Å². The van der Waals surface area contributed by atoms with Crippen LogP contribution in [-0.4, -0.2) is 41.6 Å². The van der Waals surface area contributed by atoms with Gasteiger partial charge in [-0.2, -0.15) is 0 Å². The highest BCUT2D eigenvalue weighted by atomic mass is 35.5. The lowest BCUT2D eigenvalue weighted by Crippen LogP contribution is -2.15. The van der Waals surface area contributed by atoms with Crippen molar-refractivity contribution in [3.05, 3.63) is 47.5 Å². The number of benzene rings is 2. The monoisotopic (exact) mass is 447 g/mol. The molecule has 1 aliphatic carbocycles. The van der Waals surface area contributed by atoms with Gasteiger partial charge < -0.3 is 14.2 Å². The van der Waals surface area contributed by atoms with E-state index in [1.807, 2.05) is 0 Å². The van der Waals surface area contributed by atoms with Crippen LogP contribution in [-0.2, 0) is 4.74 Å². The average molecular weight is 448 g/mol. The summed E-state index contributed by atoms with van der Waals surface area (Å²) >= 11 is 5.80. The Hall–Kier alpha value is -2.68. The van der Waals surface area contributed by atoms with Gasteiger partial charge in [-0.3, -0.25) is 5.21 Å². The zero-order valence-electron chi connectivity index (χ0n) is 17.1. The maximum atomic E-state index is 14.3. The van der Waals surface area contributed by atoms with Crippen LogP contribution in [0.4, 0.5) is 15.9 Å². The fourth-order valence-corrected chi connectivity index (χ4v) is 3.84. The first-order chi connectivity index (χ1) is 15.1. The summed E-state index contributed by atoms with van der Waals surface area (Å²) in [5.74, 6) is 0.350. The third-order valence-electron chi connectivity index (χ3n) is 5.23. The number of fused-ring (bicyclic) bond motifs is 1. The molecule has 0 spiro atoms. The van der Waals surface area contributed by atoms with Gasteiger partial charge in [-0.25, -0.2) is 19.4 Å². The molecule has 4 rings (SSSR count).